The van der Waals surface area contributed by atoms with Crippen LogP contribution in [0.15, 0.2) is 16.5 Å². The number of aryl methyl sites for hydroxylation is 1. The molecule has 0 aliphatic carbocycles. The second-order valence-electron chi connectivity index (χ2n) is 4.58. The zero-order chi connectivity index (χ0) is 12.1. The third-order valence-electron chi connectivity index (χ3n) is 3.05. The monoisotopic (exact) mass is 224 g/mol. The number of hydrogen-bond acceptors (Lipinski definition) is 3. The first-order valence-electron chi connectivity index (χ1n) is 5.97. The van der Waals surface area contributed by atoms with E-state index in [1.54, 1.807) is 0 Å². The van der Waals surface area contributed by atoms with Gasteiger partial charge in [-0.2, -0.15) is 0 Å². The van der Waals surface area contributed by atoms with E-state index in [4.69, 9.17) is 4.42 Å². The largest absolute Gasteiger partial charge is 0.465 e. The van der Waals surface area contributed by atoms with Gasteiger partial charge in [0.05, 0.1) is 6.04 Å². The van der Waals surface area contributed by atoms with Crippen LogP contribution in [0.4, 0.5) is 0 Å². The summed E-state index contributed by atoms with van der Waals surface area (Å²) in [5.74, 6) is 2.64. The highest BCUT2D eigenvalue weighted by Gasteiger charge is 2.25. The first kappa shape index (κ1) is 13.3. The zero-order valence-electron chi connectivity index (χ0n) is 11.1. The lowest BCUT2D eigenvalue weighted by Gasteiger charge is -2.30. The fraction of sp³-hybridized carbons (Fsp3) is 0.692. The molecule has 92 valence electrons. The quantitative estimate of drug-likeness (QED) is 0.804. The molecule has 1 aromatic heterocycles. The highest BCUT2D eigenvalue weighted by Crippen LogP contribution is 2.29. The predicted octanol–water partition coefficient (Wildman–Crippen LogP) is 2.44. The lowest BCUT2D eigenvalue weighted by Crippen LogP contribution is -2.32. The van der Waals surface area contributed by atoms with Gasteiger partial charge in [0.25, 0.3) is 0 Å². The Kier molecular flexibility index (Phi) is 5.03. The Morgan fingerprint density at radius 2 is 2.06 bits per heavy atom. The molecule has 1 aromatic rings. The second-order valence-corrected chi connectivity index (χ2v) is 4.58. The maximum absolute atomic E-state index is 5.77. The molecule has 0 radical (unpaired) electrons. The van der Waals surface area contributed by atoms with Crippen LogP contribution in [0.5, 0.6) is 0 Å². The zero-order valence-corrected chi connectivity index (χ0v) is 11.1. The minimum atomic E-state index is 0.353. The minimum Gasteiger partial charge on any atom is -0.465 e. The van der Waals surface area contributed by atoms with Crippen LogP contribution >= 0.6 is 0 Å². The van der Waals surface area contributed by atoms with Gasteiger partial charge in [0.1, 0.15) is 11.5 Å². The smallest absolute Gasteiger partial charge is 0.121 e. The number of nitrogens with one attached hydrogen (secondary N) is 1. The highest BCUT2D eigenvalue weighted by molar-refractivity contribution is 5.11. The summed E-state index contributed by atoms with van der Waals surface area (Å²) in [7, 11) is 6.23. The fourth-order valence-electron chi connectivity index (χ4n) is 2.26. The molecule has 0 aliphatic rings. The Balaban J connectivity index is 2.89. The van der Waals surface area contributed by atoms with Crippen molar-refractivity contribution in [2.24, 2.45) is 5.92 Å². The summed E-state index contributed by atoms with van der Waals surface area (Å²) in [6.07, 6.45) is 1.14. The molecule has 0 saturated heterocycles. The van der Waals surface area contributed by atoms with Crippen molar-refractivity contribution in [1.82, 2.24) is 10.2 Å². The Hall–Kier alpha value is -0.800. The van der Waals surface area contributed by atoms with E-state index >= 15 is 0 Å². The van der Waals surface area contributed by atoms with Gasteiger partial charge < -0.3 is 9.73 Å². The molecule has 0 aliphatic heterocycles. The molecule has 1 heterocycles. The average molecular weight is 224 g/mol. The van der Waals surface area contributed by atoms with Crippen LogP contribution in [-0.4, -0.2) is 32.6 Å². The van der Waals surface area contributed by atoms with Gasteiger partial charge in [0.2, 0.25) is 0 Å². The van der Waals surface area contributed by atoms with E-state index in [0.29, 0.717) is 12.0 Å². The minimum absolute atomic E-state index is 0.353. The van der Waals surface area contributed by atoms with Crippen molar-refractivity contribution in [2.45, 2.75) is 26.3 Å². The molecule has 0 bridgehead atoms. The lowest BCUT2D eigenvalue weighted by atomic mass is 9.94. The Labute approximate surface area is 98.8 Å². The van der Waals surface area contributed by atoms with Crippen molar-refractivity contribution in [1.29, 1.82) is 0 Å². The molecule has 1 rings (SSSR count). The van der Waals surface area contributed by atoms with Crippen molar-refractivity contribution in [3.8, 4) is 0 Å². The molecule has 1 N–H and O–H groups in total. The summed E-state index contributed by atoms with van der Waals surface area (Å²) < 4.78 is 5.77. The summed E-state index contributed by atoms with van der Waals surface area (Å²) >= 11 is 0. The number of nitrogens with zero attached hydrogens (tertiary/aromatic N) is 1. The summed E-state index contributed by atoms with van der Waals surface area (Å²) in [6, 6.07) is 4.49. The molecule has 3 nitrogen and oxygen atoms in total. The summed E-state index contributed by atoms with van der Waals surface area (Å²) in [5, 5.41) is 3.26. The average Bonchev–Trinajstić information content (AvgIpc) is 2.63. The van der Waals surface area contributed by atoms with Crippen molar-refractivity contribution in [3.63, 3.8) is 0 Å². The van der Waals surface area contributed by atoms with Crippen LogP contribution < -0.4 is 5.32 Å². The van der Waals surface area contributed by atoms with Crippen molar-refractivity contribution >= 4 is 0 Å². The van der Waals surface area contributed by atoms with Crippen molar-refractivity contribution in [3.05, 3.63) is 23.7 Å². The van der Waals surface area contributed by atoms with Crippen LogP contribution in [0.2, 0.25) is 0 Å². The molecule has 2 atom stereocenters. The van der Waals surface area contributed by atoms with Crippen LogP contribution in [0, 0.1) is 12.8 Å². The molecular weight excluding hydrogens is 200 g/mol. The Morgan fingerprint density at radius 1 is 1.38 bits per heavy atom. The molecule has 0 saturated carbocycles. The van der Waals surface area contributed by atoms with Crippen LogP contribution in [-0.2, 0) is 0 Å². The van der Waals surface area contributed by atoms with Gasteiger partial charge >= 0.3 is 0 Å². The van der Waals surface area contributed by atoms with Crippen LogP contribution in [0.3, 0.4) is 0 Å². The molecule has 0 spiro atoms. The van der Waals surface area contributed by atoms with E-state index in [0.717, 1.165) is 24.5 Å². The highest BCUT2D eigenvalue weighted by atomic mass is 16.3. The molecule has 0 fully saturated rings. The van der Waals surface area contributed by atoms with Crippen molar-refractivity contribution < 1.29 is 4.42 Å². The third-order valence-corrected chi connectivity index (χ3v) is 3.05. The van der Waals surface area contributed by atoms with E-state index in [9.17, 15) is 0 Å². The SMILES string of the molecule is CCC(CNC)C(c1ccc(C)o1)N(C)C. The number of furan rings is 1. The molecular formula is C13H24N2O. The third kappa shape index (κ3) is 3.09. The first-order valence-corrected chi connectivity index (χ1v) is 5.97. The van der Waals surface area contributed by atoms with Gasteiger partial charge in [-0.05, 0) is 52.7 Å². The van der Waals surface area contributed by atoms with Gasteiger partial charge in [-0.25, -0.2) is 0 Å². The topological polar surface area (TPSA) is 28.4 Å². The van der Waals surface area contributed by atoms with E-state index < -0.39 is 0 Å². The molecule has 0 amide bonds. The van der Waals surface area contributed by atoms with E-state index in [-0.39, 0.29) is 0 Å². The lowest BCUT2D eigenvalue weighted by molar-refractivity contribution is 0.175. The first-order chi connectivity index (χ1) is 7.60. The van der Waals surface area contributed by atoms with Crippen molar-refractivity contribution in [2.75, 3.05) is 27.7 Å². The van der Waals surface area contributed by atoms with E-state index in [1.165, 1.54) is 0 Å². The van der Waals surface area contributed by atoms with E-state index in [1.807, 2.05) is 20.0 Å². The summed E-state index contributed by atoms with van der Waals surface area (Å²) in [5.41, 5.74) is 0. The van der Waals surface area contributed by atoms with E-state index in [2.05, 4.69) is 37.3 Å². The Morgan fingerprint density at radius 3 is 2.44 bits per heavy atom. The van der Waals surface area contributed by atoms with Crippen LogP contribution in [0.1, 0.15) is 30.9 Å². The normalized spacial score (nSPS) is 15.4. The van der Waals surface area contributed by atoms with Crippen LogP contribution in [0.25, 0.3) is 0 Å². The molecule has 16 heavy (non-hydrogen) atoms. The predicted molar refractivity (Wildman–Crippen MR) is 67.6 cm³/mol. The molecule has 2 unspecified atom stereocenters. The van der Waals surface area contributed by atoms with Gasteiger partial charge in [0.15, 0.2) is 0 Å². The molecule has 0 aromatic carbocycles. The Bertz CT molecular complexity index is 307. The second kappa shape index (κ2) is 6.06. The number of rotatable bonds is 6. The maximum Gasteiger partial charge on any atom is 0.121 e. The van der Waals surface area contributed by atoms with Gasteiger partial charge in [-0.15, -0.1) is 0 Å². The summed E-state index contributed by atoms with van der Waals surface area (Å²) in [6.45, 7) is 5.24. The molecule has 3 heteroatoms. The van der Waals surface area contributed by atoms with Gasteiger partial charge in [-0.3, -0.25) is 4.90 Å². The van der Waals surface area contributed by atoms with Gasteiger partial charge in [0, 0.05) is 0 Å². The summed E-state index contributed by atoms with van der Waals surface area (Å²) in [4.78, 5) is 2.24. The standard InChI is InChI=1S/C13H24N2O/c1-6-11(9-14-3)13(15(4)5)12-8-7-10(2)16-12/h7-8,11,13-14H,6,9H2,1-5H3. The fourth-order valence-corrected chi connectivity index (χ4v) is 2.26. The number of hydrogen-bond donors (Lipinski definition) is 1. The maximum atomic E-state index is 5.77. The van der Waals surface area contributed by atoms with Gasteiger partial charge in [-0.1, -0.05) is 13.3 Å².